The maximum absolute atomic E-state index is 11.8. The first-order valence-corrected chi connectivity index (χ1v) is 5.19. The molecule has 0 amide bonds. The van der Waals surface area contributed by atoms with Crippen molar-refractivity contribution in [2.75, 3.05) is 0 Å². The highest BCUT2D eigenvalue weighted by molar-refractivity contribution is 9.10. The van der Waals surface area contributed by atoms with E-state index < -0.39 is 0 Å². The number of carbonyl (C=O) groups excluding carboxylic acids is 1. The first kappa shape index (κ1) is 11.4. The average Bonchev–Trinajstić information content (AvgIpc) is 2.27. The number of halogens is 1. The van der Waals surface area contributed by atoms with Crippen molar-refractivity contribution in [3.8, 4) is 0 Å². The number of aromatic nitrogens is 3. The molecule has 0 N–H and O–H groups in total. The first-order chi connectivity index (χ1) is 6.31. The van der Waals surface area contributed by atoms with E-state index in [4.69, 9.17) is 0 Å². The van der Waals surface area contributed by atoms with Gasteiger partial charge >= 0.3 is 0 Å². The summed E-state index contributed by atoms with van der Waals surface area (Å²) in [5.41, 5.74) is 0.528. The fourth-order valence-electron chi connectivity index (χ4n) is 1.19. The quantitative estimate of drug-likeness (QED) is 0.766. The van der Waals surface area contributed by atoms with Crippen LogP contribution in [0, 0.1) is 5.41 Å². The van der Waals surface area contributed by atoms with Gasteiger partial charge in [0.15, 0.2) is 10.4 Å². The molecule has 0 unspecified atom stereocenters. The Morgan fingerprint density at radius 1 is 1.50 bits per heavy atom. The van der Waals surface area contributed by atoms with Gasteiger partial charge in [-0.2, -0.15) is 0 Å². The highest BCUT2D eigenvalue weighted by Gasteiger charge is 2.22. The Hall–Kier alpha value is -0.710. The minimum Gasteiger partial charge on any atom is -0.292 e. The molecule has 1 rings (SSSR count). The predicted molar refractivity (Wildman–Crippen MR) is 57.1 cm³/mol. The molecular formula is C9H14BrN3O. The van der Waals surface area contributed by atoms with Crippen LogP contribution in [0.3, 0.4) is 0 Å². The maximum Gasteiger partial charge on any atom is 0.184 e. The molecular weight excluding hydrogens is 246 g/mol. The Bertz CT molecular complexity index is 332. The summed E-state index contributed by atoms with van der Waals surface area (Å²) < 4.78 is 2.02. The molecule has 0 aromatic carbocycles. The summed E-state index contributed by atoms with van der Waals surface area (Å²) in [6.07, 6.45) is 0.493. The standard InChI is InChI=1S/C9H14BrN3O/c1-9(2,3)5-6(14)7-8(10)11-12-13(7)4/h5H2,1-4H3. The third-order valence-electron chi connectivity index (χ3n) is 1.74. The number of carbonyl (C=O) groups is 1. The summed E-state index contributed by atoms with van der Waals surface area (Å²) in [7, 11) is 1.72. The third kappa shape index (κ3) is 2.64. The first-order valence-electron chi connectivity index (χ1n) is 4.39. The van der Waals surface area contributed by atoms with Gasteiger partial charge in [0.25, 0.3) is 0 Å². The van der Waals surface area contributed by atoms with Crippen molar-refractivity contribution in [3.05, 3.63) is 10.3 Å². The van der Waals surface area contributed by atoms with E-state index in [0.717, 1.165) is 0 Å². The van der Waals surface area contributed by atoms with Crippen LogP contribution in [0.15, 0.2) is 4.60 Å². The highest BCUT2D eigenvalue weighted by atomic mass is 79.9. The van der Waals surface area contributed by atoms with Gasteiger partial charge < -0.3 is 0 Å². The van der Waals surface area contributed by atoms with Gasteiger partial charge in [-0.3, -0.25) is 4.79 Å². The van der Waals surface area contributed by atoms with Crippen LogP contribution in [-0.2, 0) is 7.05 Å². The molecule has 0 saturated heterocycles. The second-order valence-corrected chi connectivity index (χ2v) is 5.26. The number of hydrogen-bond acceptors (Lipinski definition) is 3. The molecule has 0 aliphatic rings. The zero-order valence-electron chi connectivity index (χ0n) is 8.83. The number of ketones is 1. The number of hydrogen-bond donors (Lipinski definition) is 0. The topological polar surface area (TPSA) is 47.8 Å². The van der Waals surface area contributed by atoms with Crippen LogP contribution in [0.4, 0.5) is 0 Å². The number of nitrogens with zero attached hydrogens (tertiary/aromatic N) is 3. The summed E-state index contributed by atoms with van der Waals surface area (Å²) in [6.45, 7) is 6.09. The minimum absolute atomic E-state index is 0.0131. The van der Waals surface area contributed by atoms with Crippen molar-refractivity contribution in [2.24, 2.45) is 12.5 Å². The molecule has 1 aromatic rings. The second-order valence-electron chi connectivity index (χ2n) is 4.51. The fraction of sp³-hybridized carbons (Fsp3) is 0.667. The smallest absolute Gasteiger partial charge is 0.184 e. The second kappa shape index (κ2) is 3.81. The molecule has 0 atom stereocenters. The van der Waals surface area contributed by atoms with Crippen LogP contribution in [-0.4, -0.2) is 20.8 Å². The maximum atomic E-state index is 11.8. The van der Waals surface area contributed by atoms with E-state index in [2.05, 4.69) is 26.2 Å². The van der Waals surface area contributed by atoms with Gasteiger partial charge in [-0.15, -0.1) is 5.10 Å². The van der Waals surface area contributed by atoms with Crippen molar-refractivity contribution >= 4 is 21.7 Å². The fourth-order valence-corrected chi connectivity index (χ4v) is 1.74. The molecule has 0 aliphatic carbocycles. The lowest BCUT2D eigenvalue weighted by molar-refractivity contribution is 0.0929. The molecule has 14 heavy (non-hydrogen) atoms. The summed E-state index contributed by atoms with van der Waals surface area (Å²) in [5.74, 6) is 0.0666. The molecule has 0 aliphatic heterocycles. The summed E-state index contributed by atoms with van der Waals surface area (Å²) in [6, 6.07) is 0. The van der Waals surface area contributed by atoms with Crippen LogP contribution in [0.1, 0.15) is 37.7 Å². The molecule has 4 nitrogen and oxygen atoms in total. The van der Waals surface area contributed by atoms with Gasteiger partial charge in [-0.05, 0) is 21.3 Å². The summed E-state index contributed by atoms with van der Waals surface area (Å²) >= 11 is 3.21. The minimum atomic E-state index is -0.0131. The lowest BCUT2D eigenvalue weighted by Crippen LogP contribution is -2.16. The van der Waals surface area contributed by atoms with Crippen LogP contribution in [0.25, 0.3) is 0 Å². The predicted octanol–water partition coefficient (Wildman–Crippen LogP) is 2.20. The molecule has 0 radical (unpaired) electrons. The summed E-state index contributed by atoms with van der Waals surface area (Å²) in [4.78, 5) is 11.8. The molecule has 0 spiro atoms. The van der Waals surface area contributed by atoms with E-state index in [1.54, 1.807) is 7.05 Å². The molecule has 0 bridgehead atoms. The van der Waals surface area contributed by atoms with Gasteiger partial charge in [0.1, 0.15) is 5.69 Å². The molecule has 1 heterocycles. The Kier molecular flexibility index (Phi) is 3.09. The SMILES string of the molecule is Cn1nnc(Br)c1C(=O)CC(C)(C)C. The van der Waals surface area contributed by atoms with Gasteiger partial charge in [0.2, 0.25) is 0 Å². The lowest BCUT2D eigenvalue weighted by atomic mass is 9.89. The number of aryl methyl sites for hydroxylation is 1. The van der Waals surface area contributed by atoms with Crippen LogP contribution in [0.2, 0.25) is 0 Å². The van der Waals surface area contributed by atoms with Crippen molar-refractivity contribution < 1.29 is 4.79 Å². The zero-order chi connectivity index (χ0) is 10.9. The van der Waals surface area contributed by atoms with E-state index >= 15 is 0 Å². The van der Waals surface area contributed by atoms with Crippen LogP contribution in [0.5, 0.6) is 0 Å². The third-order valence-corrected chi connectivity index (χ3v) is 2.27. The Labute approximate surface area is 91.8 Å². The van der Waals surface area contributed by atoms with Gasteiger partial charge in [-0.25, -0.2) is 4.68 Å². The zero-order valence-corrected chi connectivity index (χ0v) is 10.4. The van der Waals surface area contributed by atoms with E-state index in [1.165, 1.54) is 4.68 Å². The van der Waals surface area contributed by atoms with E-state index in [1.807, 2.05) is 20.8 Å². The monoisotopic (exact) mass is 259 g/mol. The van der Waals surface area contributed by atoms with Gasteiger partial charge in [0, 0.05) is 13.5 Å². The number of rotatable bonds is 2. The van der Waals surface area contributed by atoms with Crippen LogP contribution >= 0.6 is 15.9 Å². The molecule has 1 aromatic heterocycles. The highest BCUT2D eigenvalue weighted by Crippen LogP contribution is 2.23. The van der Waals surface area contributed by atoms with E-state index in [0.29, 0.717) is 16.7 Å². The Balaban J connectivity index is 2.90. The van der Waals surface area contributed by atoms with E-state index in [-0.39, 0.29) is 11.2 Å². The van der Waals surface area contributed by atoms with Gasteiger partial charge in [-0.1, -0.05) is 26.0 Å². The van der Waals surface area contributed by atoms with Gasteiger partial charge in [0.05, 0.1) is 0 Å². The normalized spacial score (nSPS) is 11.8. The number of Topliss-reactive ketones (excluding diaryl/α,β-unsaturated/α-hetero) is 1. The van der Waals surface area contributed by atoms with Crippen molar-refractivity contribution in [2.45, 2.75) is 27.2 Å². The Morgan fingerprint density at radius 2 is 2.07 bits per heavy atom. The average molecular weight is 260 g/mol. The molecule has 0 saturated carbocycles. The Morgan fingerprint density at radius 3 is 2.43 bits per heavy atom. The largest absolute Gasteiger partial charge is 0.292 e. The molecule has 0 fully saturated rings. The van der Waals surface area contributed by atoms with E-state index in [9.17, 15) is 4.79 Å². The van der Waals surface area contributed by atoms with Crippen molar-refractivity contribution in [1.29, 1.82) is 0 Å². The molecule has 78 valence electrons. The molecule has 5 heteroatoms. The van der Waals surface area contributed by atoms with Crippen molar-refractivity contribution in [3.63, 3.8) is 0 Å². The van der Waals surface area contributed by atoms with Crippen LogP contribution < -0.4 is 0 Å². The lowest BCUT2D eigenvalue weighted by Gasteiger charge is -2.16. The van der Waals surface area contributed by atoms with Crippen molar-refractivity contribution in [1.82, 2.24) is 15.0 Å². The summed E-state index contributed by atoms with van der Waals surface area (Å²) in [5, 5.41) is 7.54.